The van der Waals surface area contributed by atoms with Gasteiger partial charge in [-0.2, -0.15) is 0 Å². The van der Waals surface area contributed by atoms with Gasteiger partial charge in [-0.15, -0.1) is 0 Å². The summed E-state index contributed by atoms with van der Waals surface area (Å²) < 4.78 is 6.62. The predicted molar refractivity (Wildman–Crippen MR) is 166 cm³/mol. The molecule has 2 aromatic heterocycles. The molecule has 0 radical (unpaired) electrons. The van der Waals surface area contributed by atoms with Gasteiger partial charge in [0.15, 0.2) is 5.58 Å². The number of H-pyrrole nitrogens is 1. The number of aromatic nitrogens is 2. The minimum atomic E-state index is -0.610. The first-order valence-electron chi connectivity index (χ1n) is 14.7. The third kappa shape index (κ3) is 7.30. The number of hydrogen-bond acceptors (Lipinski definition) is 5. The summed E-state index contributed by atoms with van der Waals surface area (Å²) in [5.41, 5.74) is 4.49. The summed E-state index contributed by atoms with van der Waals surface area (Å²) in [6, 6.07) is 24.1. The van der Waals surface area contributed by atoms with Gasteiger partial charge in [0.25, 0.3) is 0 Å². The van der Waals surface area contributed by atoms with Crippen LogP contribution in [0.2, 0.25) is 0 Å². The molecule has 5 rings (SSSR count). The van der Waals surface area contributed by atoms with Gasteiger partial charge in [0.05, 0.1) is 17.3 Å². The first kappa shape index (κ1) is 29.6. The van der Waals surface area contributed by atoms with Gasteiger partial charge in [-0.3, -0.25) is 14.2 Å². The molecule has 0 saturated heterocycles. The van der Waals surface area contributed by atoms with Crippen LogP contribution >= 0.6 is 0 Å². The quantitative estimate of drug-likeness (QED) is 0.146. The number of oxazole rings is 1. The Balaban J connectivity index is 1.38. The SMILES string of the molecule is CC(=O)CCCCCCC(=O)NC[C@@H](NC(=O)Cn1c(=O)oc2ccccc21)c1c(-c2ccccc2)[nH]c2ccccc12. The maximum Gasteiger partial charge on any atom is 0.420 e. The van der Waals surface area contributed by atoms with E-state index >= 15 is 0 Å². The van der Waals surface area contributed by atoms with Crippen molar-refractivity contribution in [1.82, 2.24) is 20.2 Å². The number of hydrogen-bond donors (Lipinski definition) is 3. The van der Waals surface area contributed by atoms with Crippen LogP contribution < -0.4 is 16.4 Å². The maximum absolute atomic E-state index is 13.5. The number of unbranched alkanes of at least 4 members (excludes halogenated alkanes) is 3. The van der Waals surface area contributed by atoms with Crippen molar-refractivity contribution in [3.8, 4) is 11.3 Å². The lowest BCUT2D eigenvalue weighted by Gasteiger charge is -2.21. The van der Waals surface area contributed by atoms with Crippen LogP contribution in [0.4, 0.5) is 0 Å². The van der Waals surface area contributed by atoms with Crippen molar-refractivity contribution in [1.29, 1.82) is 0 Å². The monoisotopic (exact) mass is 580 g/mol. The summed E-state index contributed by atoms with van der Waals surface area (Å²) in [4.78, 5) is 53.6. The average Bonchev–Trinajstić information content (AvgIpc) is 3.54. The molecule has 2 amide bonds. The van der Waals surface area contributed by atoms with E-state index in [1.54, 1.807) is 31.2 Å². The Morgan fingerprint density at radius 2 is 1.53 bits per heavy atom. The number of amides is 2. The first-order valence-corrected chi connectivity index (χ1v) is 14.7. The van der Waals surface area contributed by atoms with Crippen LogP contribution in [0.3, 0.4) is 0 Å². The topological polar surface area (TPSA) is 126 Å². The summed E-state index contributed by atoms with van der Waals surface area (Å²) in [5, 5.41) is 7.04. The van der Waals surface area contributed by atoms with E-state index in [2.05, 4.69) is 15.6 Å². The number of benzene rings is 3. The highest BCUT2D eigenvalue weighted by Crippen LogP contribution is 2.34. The summed E-state index contributed by atoms with van der Waals surface area (Å²) in [6.07, 6.45) is 4.26. The Bertz CT molecular complexity index is 1780. The minimum Gasteiger partial charge on any atom is -0.408 e. The standard InChI is InChI=1S/C34H36N4O5/c1-23(39)13-5-2-3-8-20-30(40)35-21-27(36-31(41)22-38-28-18-11-12-19-29(28)43-34(38)42)32-25-16-9-10-17-26(25)37-33(32)24-14-6-4-7-15-24/h4,6-7,9-12,14-19,27,37H,2-3,5,8,13,20-22H2,1H3,(H,35,40)(H,36,41)/t27-/m1/s1. The summed E-state index contributed by atoms with van der Waals surface area (Å²) >= 11 is 0. The van der Waals surface area contributed by atoms with Crippen LogP contribution in [0.15, 0.2) is 88.1 Å². The maximum atomic E-state index is 13.5. The third-order valence-electron chi connectivity index (χ3n) is 7.55. The Morgan fingerprint density at radius 3 is 2.33 bits per heavy atom. The number of carbonyl (C=O) groups excluding carboxylic acids is 3. The van der Waals surface area contributed by atoms with Crippen LogP contribution in [0.5, 0.6) is 0 Å². The largest absolute Gasteiger partial charge is 0.420 e. The van der Waals surface area contributed by atoms with Crippen LogP contribution in [0, 0.1) is 0 Å². The fraction of sp³-hybridized carbons (Fsp3) is 0.294. The lowest BCUT2D eigenvalue weighted by Crippen LogP contribution is -2.40. The van der Waals surface area contributed by atoms with E-state index in [0.717, 1.165) is 53.4 Å². The lowest BCUT2D eigenvalue weighted by molar-refractivity contribution is -0.124. The normalized spacial score (nSPS) is 11.9. The molecule has 1 atom stereocenters. The molecule has 0 spiro atoms. The second-order valence-corrected chi connectivity index (χ2v) is 10.8. The van der Waals surface area contributed by atoms with Crippen molar-refractivity contribution < 1.29 is 18.8 Å². The van der Waals surface area contributed by atoms with E-state index in [1.165, 1.54) is 4.57 Å². The lowest BCUT2D eigenvalue weighted by atomic mass is 9.98. The van der Waals surface area contributed by atoms with Crippen LogP contribution in [0.25, 0.3) is 33.3 Å². The molecule has 2 heterocycles. The number of para-hydroxylation sites is 3. The molecule has 43 heavy (non-hydrogen) atoms. The number of fused-ring (bicyclic) bond motifs is 2. The molecule has 0 aliphatic heterocycles. The highest BCUT2D eigenvalue weighted by molar-refractivity contribution is 5.92. The van der Waals surface area contributed by atoms with E-state index in [1.807, 2.05) is 54.6 Å². The predicted octanol–water partition coefficient (Wildman–Crippen LogP) is 5.65. The van der Waals surface area contributed by atoms with E-state index in [0.29, 0.717) is 23.9 Å². The van der Waals surface area contributed by atoms with Crippen molar-refractivity contribution in [2.75, 3.05) is 6.54 Å². The number of ketones is 1. The van der Waals surface area contributed by atoms with E-state index < -0.39 is 11.8 Å². The fourth-order valence-electron chi connectivity index (χ4n) is 5.45. The first-order chi connectivity index (χ1) is 20.9. The molecular formula is C34H36N4O5. The minimum absolute atomic E-state index is 0.107. The Kier molecular flexibility index (Phi) is 9.51. The van der Waals surface area contributed by atoms with Gasteiger partial charge < -0.3 is 24.8 Å². The number of nitrogens with zero attached hydrogens (tertiary/aromatic N) is 1. The zero-order valence-electron chi connectivity index (χ0n) is 24.2. The molecule has 0 saturated carbocycles. The van der Waals surface area contributed by atoms with Crippen LogP contribution in [0.1, 0.15) is 57.1 Å². The molecule has 0 fully saturated rings. The van der Waals surface area contributed by atoms with Crippen molar-refractivity contribution in [3.05, 3.63) is 95.0 Å². The molecule has 0 unspecified atom stereocenters. The number of Topliss-reactive ketones (excluding diaryl/α,β-unsaturated/α-hetero) is 1. The molecule has 3 aromatic carbocycles. The molecule has 9 heteroatoms. The van der Waals surface area contributed by atoms with E-state index in [4.69, 9.17) is 4.42 Å². The van der Waals surface area contributed by atoms with E-state index in [-0.39, 0.29) is 30.7 Å². The summed E-state index contributed by atoms with van der Waals surface area (Å²) in [7, 11) is 0. The van der Waals surface area contributed by atoms with Crippen molar-refractivity contribution in [2.24, 2.45) is 0 Å². The molecule has 3 N–H and O–H groups in total. The van der Waals surface area contributed by atoms with Crippen molar-refractivity contribution >= 4 is 39.6 Å². The third-order valence-corrected chi connectivity index (χ3v) is 7.55. The molecule has 222 valence electrons. The van der Waals surface area contributed by atoms with Gasteiger partial charge in [0, 0.05) is 35.9 Å². The van der Waals surface area contributed by atoms with Gasteiger partial charge in [-0.05, 0) is 43.5 Å². The van der Waals surface area contributed by atoms with Crippen molar-refractivity contribution in [2.45, 2.75) is 58.0 Å². The van der Waals surface area contributed by atoms with Gasteiger partial charge >= 0.3 is 5.76 Å². The molecule has 0 aliphatic rings. The van der Waals surface area contributed by atoms with Crippen molar-refractivity contribution in [3.63, 3.8) is 0 Å². The molecular weight excluding hydrogens is 544 g/mol. The summed E-state index contributed by atoms with van der Waals surface area (Å²) in [6.45, 7) is 1.52. The van der Waals surface area contributed by atoms with Crippen LogP contribution in [-0.2, 0) is 20.9 Å². The van der Waals surface area contributed by atoms with Crippen LogP contribution in [-0.4, -0.2) is 33.7 Å². The van der Waals surface area contributed by atoms with Gasteiger partial charge in [0.1, 0.15) is 12.3 Å². The van der Waals surface area contributed by atoms with Gasteiger partial charge in [-0.25, -0.2) is 4.79 Å². The Hall–Kier alpha value is -4.92. The number of carbonyl (C=O) groups is 3. The second-order valence-electron chi connectivity index (χ2n) is 10.8. The van der Waals surface area contributed by atoms with Gasteiger partial charge in [-0.1, -0.05) is 73.5 Å². The Labute approximate surface area is 249 Å². The molecule has 0 aliphatic carbocycles. The zero-order valence-corrected chi connectivity index (χ0v) is 24.2. The highest BCUT2D eigenvalue weighted by atomic mass is 16.4. The zero-order chi connectivity index (χ0) is 30.2. The van der Waals surface area contributed by atoms with E-state index in [9.17, 15) is 19.2 Å². The smallest absolute Gasteiger partial charge is 0.408 e. The average molecular weight is 581 g/mol. The number of rotatable bonds is 14. The Morgan fingerprint density at radius 1 is 0.837 bits per heavy atom. The molecule has 5 aromatic rings. The highest BCUT2D eigenvalue weighted by Gasteiger charge is 2.25. The molecule has 0 bridgehead atoms. The summed E-state index contributed by atoms with van der Waals surface area (Å²) in [5.74, 6) is -0.919. The molecule has 9 nitrogen and oxygen atoms in total. The van der Waals surface area contributed by atoms with Gasteiger partial charge in [0.2, 0.25) is 11.8 Å². The second kappa shape index (κ2) is 13.8. The fourth-order valence-corrected chi connectivity index (χ4v) is 5.45. The number of nitrogens with one attached hydrogen (secondary N) is 3. The number of aromatic amines is 1.